The second-order valence-electron chi connectivity index (χ2n) is 6.63. The van der Waals surface area contributed by atoms with Crippen LogP contribution < -0.4 is 10.2 Å². The third-order valence-corrected chi connectivity index (χ3v) is 4.76. The molecule has 2 amide bonds. The monoisotopic (exact) mass is 345 g/mol. The van der Waals surface area contributed by atoms with Gasteiger partial charge in [-0.25, -0.2) is 0 Å². The minimum atomic E-state index is -0.803. The molecular weight excluding hydrogens is 322 g/mol. The van der Waals surface area contributed by atoms with Crippen molar-refractivity contribution in [3.05, 3.63) is 24.3 Å². The van der Waals surface area contributed by atoms with Crippen LogP contribution in [-0.4, -0.2) is 54.0 Å². The third-order valence-electron chi connectivity index (χ3n) is 4.76. The molecule has 1 unspecified atom stereocenters. The van der Waals surface area contributed by atoms with Gasteiger partial charge in [0.15, 0.2) is 0 Å². The molecule has 0 radical (unpaired) electrons. The summed E-state index contributed by atoms with van der Waals surface area (Å²) < 4.78 is 0. The maximum atomic E-state index is 12.4. The van der Waals surface area contributed by atoms with Gasteiger partial charge in [0.1, 0.15) is 0 Å². The van der Waals surface area contributed by atoms with Crippen LogP contribution in [0.4, 0.5) is 11.4 Å². The van der Waals surface area contributed by atoms with Crippen LogP contribution in [0.15, 0.2) is 24.3 Å². The van der Waals surface area contributed by atoms with E-state index < -0.39 is 11.9 Å². The van der Waals surface area contributed by atoms with E-state index in [9.17, 15) is 14.4 Å². The van der Waals surface area contributed by atoms with Gasteiger partial charge in [-0.15, -0.1) is 0 Å². The Balaban J connectivity index is 1.63. The van der Waals surface area contributed by atoms with Gasteiger partial charge in [-0.1, -0.05) is 12.1 Å². The van der Waals surface area contributed by atoms with E-state index in [1.165, 1.54) is 0 Å². The first kappa shape index (κ1) is 17.4. The Kier molecular flexibility index (Phi) is 5.33. The number of likely N-dealkylation sites (tertiary alicyclic amines) is 1. The number of carboxylic acids is 1. The first-order valence-corrected chi connectivity index (χ1v) is 8.69. The lowest BCUT2D eigenvalue weighted by molar-refractivity contribution is -0.144. The largest absolute Gasteiger partial charge is 0.481 e. The molecule has 2 aliphatic rings. The first-order chi connectivity index (χ1) is 12.0. The fourth-order valence-corrected chi connectivity index (χ4v) is 3.51. The Bertz CT molecular complexity index is 676. The molecule has 7 nitrogen and oxygen atoms in total. The number of nitrogens with one attached hydrogen (secondary N) is 1. The highest BCUT2D eigenvalue weighted by molar-refractivity contribution is 6.02. The number of carboxylic acid groups (broad SMARTS) is 1. The van der Waals surface area contributed by atoms with Gasteiger partial charge in [0.05, 0.1) is 23.8 Å². The molecule has 0 bridgehead atoms. The van der Waals surface area contributed by atoms with Crippen LogP contribution in [0.25, 0.3) is 0 Å². The number of amides is 2. The molecule has 134 valence electrons. The molecule has 2 aliphatic heterocycles. The molecule has 1 atom stereocenters. The fraction of sp³-hybridized carbons (Fsp3) is 0.500. The number of benzene rings is 1. The lowest BCUT2D eigenvalue weighted by atomic mass is 9.98. The maximum Gasteiger partial charge on any atom is 0.307 e. The van der Waals surface area contributed by atoms with Crippen LogP contribution in [0.3, 0.4) is 0 Å². The highest BCUT2D eigenvalue weighted by Gasteiger charge is 2.27. The Hall–Kier alpha value is -2.41. The zero-order chi connectivity index (χ0) is 17.8. The fourth-order valence-electron chi connectivity index (χ4n) is 3.51. The molecule has 0 spiro atoms. The van der Waals surface area contributed by atoms with Crippen LogP contribution >= 0.6 is 0 Å². The molecular formula is C18H23N3O4. The molecule has 2 fully saturated rings. The maximum absolute atomic E-state index is 12.4. The Morgan fingerprint density at radius 2 is 2.00 bits per heavy atom. The number of carbonyl (C=O) groups is 3. The van der Waals surface area contributed by atoms with Crippen LogP contribution in [0.1, 0.15) is 25.7 Å². The number of carbonyl (C=O) groups excluding carboxylic acids is 2. The molecule has 7 heteroatoms. The summed E-state index contributed by atoms with van der Waals surface area (Å²) in [4.78, 5) is 39.1. The normalized spacial score (nSPS) is 21.4. The molecule has 0 aromatic heterocycles. The Labute approximate surface area is 146 Å². The van der Waals surface area contributed by atoms with Crippen molar-refractivity contribution in [1.29, 1.82) is 0 Å². The van der Waals surface area contributed by atoms with E-state index in [-0.39, 0.29) is 18.4 Å². The van der Waals surface area contributed by atoms with E-state index in [0.717, 1.165) is 25.1 Å². The lowest BCUT2D eigenvalue weighted by Gasteiger charge is -2.30. The Morgan fingerprint density at radius 3 is 2.72 bits per heavy atom. The van der Waals surface area contributed by atoms with Crippen molar-refractivity contribution in [2.75, 3.05) is 36.4 Å². The van der Waals surface area contributed by atoms with E-state index in [2.05, 4.69) is 5.32 Å². The van der Waals surface area contributed by atoms with E-state index in [4.69, 9.17) is 5.11 Å². The average Bonchev–Trinajstić information content (AvgIpc) is 3.01. The van der Waals surface area contributed by atoms with Crippen molar-refractivity contribution in [2.24, 2.45) is 5.92 Å². The highest BCUT2D eigenvalue weighted by Crippen LogP contribution is 2.29. The van der Waals surface area contributed by atoms with Gasteiger partial charge in [-0.3, -0.25) is 19.3 Å². The highest BCUT2D eigenvalue weighted by atomic mass is 16.4. The van der Waals surface area contributed by atoms with Crippen molar-refractivity contribution < 1.29 is 19.5 Å². The van der Waals surface area contributed by atoms with Crippen LogP contribution in [0, 0.1) is 5.92 Å². The summed E-state index contributed by atoms with van der Waals surface area (Å²) in [5, 5.41) is 12.0. The van der Waals surface area contributed by atoms with Crippen LogP contribution in [0.2, 0.25) is 0 Å². The zero-order valence-corrected chi connectivity index (χ0v) is 14.1. The second-order valence-corrected chi connectivity index (χ2v) is 6.63. The van der Waals surface area contributed by atoms with Gasteiger partial charge < -0.3 is 15.3 Å². The SMILES string of the molecule is O=C(CN1CCCC(C(=O)O)C1)Nc1ccccc1N1CCCC1=O. The smallest absolute Gasteiger partial charge is 0.307 e. The van der Waals surface area contributed by atoms with Gasteiger partial charge in [-0.05, 0) is 37.9 Å². The molecule has 0 saturated carbocycles. The van der Waals surface area contributed by atoms with Gasteiger partial charge in [0.2, 0.25) is 11.8 Å². The van der Waals surface area contributed by atoms with Crippen molar-refractivity contribution >= 4 is 29.2 Å². The van der Waals surface area contributed by atoms with Gasteiger partial charge >= 0.3 is 5.97 Å². The minimum absolute atomic E-state index is 0.0713. The number of hydrogen-bond acceptors (Lipinski definition) is 4. The number of rotatable bonds is 5. The molecule has 0 aliphatic carbocycles. The third kappa shape index (κ3) is 4.17. The van der Waals surface area contributed by atoms with E-state index >= 15 is 0 Å². The lowest BCUT2D eigenvalue weighted by Crippen LogP contribution is -2.42. The minimum Gasteiger partial charge on any atom is -0.481 e. The summed E-state index contributed by atoms with van der Waals surface area (Å²) in [5.74, 6) is -1.33. The second kappa shape index (κ2) is 7.65. The van der Waals surface area contributed by atoms with Gasteiger partial charge in [0.25, 0.3) is 0 Å². The quantitative estimate of drug-likeness (QED) is 0.845. The summed E-state index contributed by atoms with van der Waals surface area (Å²) in [6, 6.07) is 7.29. The summed E-state index contributed by atoms with van der Waals surface area (Å²) in [7, 11) is 0. The van der Waals surface area contributed by atoms with Crippen LogP contribution in [-0.2, 0) is 14.4 Å². The van der Waals surface area contributed by atoms with Gasteiger partial charge in [-0.2, -0.15) is 0 Å². The number of para-hydroxylation sites is 2. The van der Waals surface area contributed by atoms with Crippen molar-refractivity contribution in [3.8, 4) is 0 Å². The molecule has 2 heterocycles. The van der Waals surface area contributed by atoms with E-state index in [0.29, 0.717) is 31.6 Å². The van der Waals surface area contributed by atoms with E-state index in [1.54, 1.807) is 11.0 Å². The topological polar surface area (TPSA) is 89.9 Å². The number of piperidine rings is 1. The molecule has 1 aromatic rings. The van der Waals surface area contributed by atoms with Crippen molar-refractivity contribution in [3.63, 3.8) is 0 Å². The summed E-state index contributed by atoms with van der Waals surface area (Å²) in [5.41, 5.74) is 1.34. The summed E-state index contributed by atoms with van der Waals surface area (Å²) in [6.07, 6.45) is 2.80. The molecule has 3 rings (SSSR count). The number of aliphatic carboxylic acids is 1. The molecule has 2 saturated heterocycles. The van der Waals surface area contributed by atoms with Gasteiger partial charge in [0, 0.05) is 19.5 Å². The standard InChI is InChI=1S/C18H23N3O4/c22-16(12-20-9-3-5-13(11-20)18(24)25)19-14-6-1-2-7-15(14)21-10-4-8-17(21)23/h1-2,6-7,13H,3-5,8-12H2,(H,19,22)(H,24,25). The number of nitrogens with zero attached hydrogens (tertiary/aromatic N) is 2. The number of anilines is 2. The Morgan fingerprint density at radius 1 is 1.20 bits per heavy atom. The zero-order valence-electron chi connectivity index (χ0n) is 14.1. The van der Waals surface area contributed by atoms with Crippen molar-refractivity contribution in [2.45, 2.75) is 25.7 Å². The summed E-state index contributed by atoms with van der Waals surface area (Å²) in [6.45, 7) is 1.95. The molecule has 25 heavy (non-hydrogen) atoms. The predicted molar refractivity (Wildman–Crippen MR) is 93.5 cm³/mol. The molecule has 2 N–H and O–H groups in total. The van der Waals surface area contributed by atoms with Crippen molar-refractivity contribution in [1.82, 2.24) is 4.90 Å². The van der Waals surface area contributed by atoms with E-state index in [1.807, 2.05) is 23.1 Å². The first-order valence-electron chi connectivity index (χ1n) is 8.69. The van der Waals surface area contributed by atoms with Crippen LogP contribution in [0.5, 0.6) is 0 Å². The predicted octanol–water partition coefficient (Wildman–Crippen LogP) is 1.55. The summed E-state index contributed by atoms with van der Waals surface area (Å²) >= 11 is 0. The average molecular weight is 345 g/mol. The number of hydrogen-bond donors (Lipinski definition) is 2. The molecule has 1 aromatic carbocycles.